The Bertz CT molecular complexity index is 712. The third-order valence-electron chi connectivity index (χ3n) is 2.98. The van der Waals surface area contributed by atoms with Crippen molar-refractivity contribution in [3.05, 3.63) is 70.7 Å². The molecule has 0 spiro atoms. The smallest absolute Gasteiger partial charge is 0.216 e. The molecule has 2 aromatic carbocycles. The van der Waals surface area contributed by atoms with Crippen LogP contribution < -0.4 is 5.73 Å². The minimum atomic E-state index is 0.0821. The van der Waals surface area contributed by atoms with Crippen LogP contribution in [-0.4, -0.2) is 15.2 Å². The van der Waals surface area contributed by atoms with E-state index in [0.29, 0.717) is 11.1 Å². The second-order valence-electron chi connectivity index (χ2n) is 4.46. The van der Waals surface area contributed by atoms with E-state index >= 15 is 0 Å². The molecular weight excluding hydrogens is 304 g/mol. The van der Waals surface area contributed by atoms with Gasteiger partial charge in [0.25, 0.3) is 0 Å². The first-order valence-electron chi connectivity index (χ1n) is 6.37. The lowest BCUT2D eigenvalue weighted by atomic mass is 10.0. The minimum Gasteiger partial charge on any atom is -0.368 e. The van der Waals surface area contributed by atoms with Crippen LogP contribution in [0.2, 0.25) is 5.02 Å². The fraction of sp³-hybridized carbons (Fsp3) is 0.0667. The number of nitrogens with zero attached hydrogens (tertiary/aromatic N) is 2. The summed E-state index contributed by atoms with van der Waals surface area (Å²) in [6.45, 7) is 0. The molecule has 6 heteroatoms. The molecule has 4 nitrogen and oxygen atoms in total. The Morgan fingerprint density at radius 2 is 1.67 bits per heavy atom. The molecule has 3 rings (SSSR count). The lowest BCUT2D eigenvalue weighted by Crippen LogP contribution is -1.97. The van der Waals surface area contributed by atoms with Crippen molar-refractivity contribution >= 4 is 29.3 Å². The van der Waals surface area contributed by atoms with Crippen molar-refractivity contribution in [1.29, 1.82) is 0 Å². The molecular formula is C15H13ClN4S. The molecule has 0 aliphatic carbocycles. The zero-order chi connectivity index (χ0) is 14.7. The molecule has 1 aromatic heterocycles. The van der Waals surface area contributed by atoms with Crippen LogP contribution in [0.1, 0.15) is 16.4 Å². The van der Waals surface area contributed by atoms with Gasteiger partial charge in [0.15, 0.2) is 0 Å². The number of rotatable bonds is 4. The van der Waals surface area contributed by atoms with E-state index in [2.05, 4.69) is 27.3 Å². The molecule has 21 heavy (non-hydrogen) atoms. The summed E-state index contributed by atoms with van der Waals surface area (Å²) in [7, 11) is 0. The van der Waals surface area contributed by atoms with E-state index in [4.69, 9.17) is 17.3 Å². The van der Waals surface area contributed by atoms with Gasteiger partial charge in [-0.1, -0.05) is 65.8 Å². The van der Waals surface area contributed by atoms with E-state index in [1.165, 1.54) is 5.56 Å². The van der Waals surface area contributed by atoms with Crippen molar-refractivity contribution in [1.82, 2.24) is 15.2 Å². The van der Waals surface area contributed by atoms with Gasteiger partial charge in [0.2, 0.25) is 11.1 Å². The van der Waals surface area contributed by atoms with Crippen LogP contribution in [0.5, 0.6) is 0 Å². The highest BCUT2D eigenvalue weighted by Gasteiger charge is 2.18. The van der Waals surface area contributed by atoms with Crippen LogP contribution in [-0.2, 0) is 0 Å². The first-order chi connectivity index (χ1) is 10.2. The van der Waals surface area contributed by atoms with Gasteiger partial charge < -0.3 is 5.73 Å². The number of anilines is 1. The summed E-state index contributed by atoms with van der Waals surface area (Å²) >= 11 is 7.52. The molecule has 1 heterocycles. The molecule has 0 aliphatic heterocycles. The molecule has 0 bridgehead atoms. The van der Waals surface area contributed by atoms with Crippen LogP contribution in [0, 0.1) is 0 Å². The molecule has 0 amide bonds. The third kappa shape index (κ3) is 3.37. The number of aromatic amines is 1. The van der Waals surface area contributed by atoms with Gasteiger partial charge in [0.1, 0.15) is 0 Å². The molecule has 0 radical (unpaired) electrons. The Hall–Kier alpha value is -1.98. The maximum atomic E-state index is 5.97. The first-order valence-corrected chi connectivity index (χ1v) is 7.63. The molecule has 3 N–H and O–H groups in total. The van der Waals surface area contributed by atoms with E-state index < -0.39 is 0 Å². The number of nitrogens with one attached hydrogen (secondary N) is 1. The summed E-state index contributed by atoms with van der Waals surface area (Å²) in [5, 5.41) is 8.18. The van der Waals surface area contributed by atoms with Gasteiger partial charge in [-0.3, -0.25) is 0 Å². The van der Waals surface area contributed by atoms with Crippen LogP contribution in [0.25, 0.3) is 0 Å². The second-order valence-corrected chi connectivity index (χ2v) is 5.97. The molecule has 3 aromatic rings. The Labute approximate surface area is 131 Å². The average molecular weight is 317 g/mol. The molecule has 0 fully saturated rings. The molecule has 106 valence electrons. The molecule has 0 saturated heterocycles. The number of hydrogen-bond donors (Lipinski definition) is 2. The van der Waals surface area contributed by atoms with Crippen molar-refractivity contribution in [3.8, 4) is 0 Å². The van der Waals surface area contributed by atoms with Crippen molar-refractivity contribution in [3.63, 3.8) is 0 Å². The zero-order valence-corrected chi connectivity index (χ0v) is 12.6. The van der Waals surface area contributed by atoms with Gasteiger partial charge in [0, 0.05) is 5.02 Å². The number of aromatic nitrogens is 3. The van der Waals surface area contributed by atoms with Crippen LogP contribution in [0.15, 0.2) is 59.8 Å². The third-order valence-corrected chi connectivity index (χ3v) is 4.41. The van der Waals surface area contributed by atoms with Gasteiger partial charge in [-0.2, -0.15) is 4.98 Å². The molecule has 1 atom stereocenters. The predicted octanol–water partition coefficient (Wildman–Crippen LogP) is 3.92. The normalized spacial score (nSPS) is 12.2. The fourth-order valence-electron chi connectivity index (χ4n) is 2.01. The standard InChI is InChI=1S/C15H13ClN4S/c16-12-8-6-11(7-9-12)13(10-4-2-1-3-5-10)21-15-18-14(17)19-20-15/h1-9,13H,(H3,17,18,19,20). The van der Waals surface area contributed by atoms with E-state index in [1.54, 1.807) is 11.8 Å². The van der Waals surface area contributed by atoms with Gasteiger partial charge in [-0.25, -0.2) is 5.10 Å². The maximum absolute atomic E-state index is 5.97. The van der Waals surface area contributed by atoms with Gasteiger partial charge >= 0.3 is 0 Å². The highest BCUT2D eigenvalue weighted by molar-refractivity contribution is 7.99. The van der Waals surface area contributed by atoms with Crippen LogP contribution in [0.3, 0.4) is 0 Å². The highest BCUT2D eigenvalue weighted by Crippen LogP contribution is 2.39. The van der Waals surface area contributed by atoms with Crippen molar-refractivity contribution in [2.75, 3.05) is 5.73 Å². The minimum absolute atomic E-state index is 0.0821. The maximum Gasteiger partial charge on any atom is 0.216 e. The number of H-pyrrole nitrogens is 1. The Balaban J connectivity index is 1.96. The summed E-state index contributed by atoms with van der Waals surface area (Å²) in [6.07, 6.45) is 0. The number of nitrogens with two attached hydrogens (primary N) is 1. The number of benzene rings is 2. The summed E-state index contributed by atoms with van der Waals surface area (Å²) in [5.74, 6) is 0.320. The summed E-state index contributed by atoms with van der Waals surface area (Å²) in [4.78, 5) is 4.17. The van der Waals surface area contributed by atoms with E-state index in [-0.39, 0.29) is 5.25 Å². The quantitative estimate of drug-likeness (QED) is 0.716. The Morgan fingerprint density at radius 1 is 1.00 bits per heavy atom. The molecule has 0 aliphatic rings. The molecule has 1 unspecified atom stereocenters. The van der Waals surface area contributed by atoms with E-state index in [9.17, 15) is 0 Å². The van der Waals surface area contributed by atoms with Gasteiger partial charge in [-0.05, 0) is 23.3 Å². The summed E-state index contributed by atoms with van der Waals surface area (Å²) in [6, 6.07) is 18.0. The largest absolute Gasteiger partial charge is 0.368 e. The zero-order valence-electron chi connectivity index (χ0n) is 11.0. The molecule has 0 saturated carbocycles. The number of hydrogen-bond acceptors (Lipinski definition) is 4. The van der Waals surface area contributed by atoms with Crippen molar-refractivity contribution in [2.45, 2.75) is 10.4 Å². The summed E-state index contributed by atoms with van der Waals surface area (Å²) < 4.78 is 0. The average Bonchev–Trinajstić information content (AvgIpc) is 2.92. The highest BCUT2D eigenvalue weighted by atomic mass is 35.5. The monoisotopic (exact) mass is 316 g/mol. The number of halogens is 1. The first kappa shape index (κ1) is 14.0. The lowest BCUT2D eigenvalue weighted by molar-refractivity contribution is 0.965. The van der Waals surface area contributed by atoms with Crippen LogP contribution in [0.4, 0.5) is 5.95 Å². The topological polar surface area (TPSA) is 67.6 Å². The van der Waals surface area contributed by atoms with Crippen LogP contribution >= 0.6 is 23.4 Å². The van der Waals surface area contributed by atoms with Crippen molar-refractivity contribution in [2.24, 2.45) is 0 Å². The lowest BCUT2D eigenvalue weighted by Gasteiger charge is -2.16. The Kier molecular flexibility index (Phi) is 4.13. The van der Waals surface area contributed by atoms with Crippen molar-refractivity contribution < 1.29 is 0 Å². The van der Waals surface area contributed by atoms with Gasteiger partial charge in [0.05, 0.1) is 5.25 Å². The fourth-order valence-corrected chi connectivity index (χ4v) is 3.18. The van der Waals surface area contributed by atoms with Gasteiger partial charge in [-0.15, -0.1) is 5.10 Å². The number of thioether (sulfide) groups is 1. The van der Waals surface area contributed by atoms with E-state index in [0.717, 1.165) is 10.6 Å². The number of nitrogen functional groups attached to an aromatic ring is 1. The Morgan fingerprint density at radius 3 is 2.29 bits per heavy atom. The predicted molar refractivity (Wildman–Crippen MR) is 86.4 cm³/mol. The summed E-state index contributed by atoms with van der Waals surface area (Å²) in [5.41, 5.74) is 7.90. The SMILES string of the molecule is Nc1nc(SC(c2ccccc2)c2ccc(Cl)cc2)n[nH]1. The second kappa shape index (κ2) is 6.20. The van der Waals surface area contributed by atoms with E-state index in [1.807, 2.05) is 42.5 Å².